The number of likely N-dealkylation sites (tertiary alicyclic amines) is 1. The second-order valence-corrected chi connectivity index (χ2v) is 7.95. The number of carbonyl (C=O) groups is 1. The first-order valence-electron chi connectivity index (χ1n) is 10.7. The van der Waals surface area contributed by atoms with Crippen LogP contribution in [-0.4, -0.2) is 61.6 Å². The highest BCUT2D eigenvalue weighted by atomic mass is 16.5. The van der Waals surface area contributed by atoms with Gasteiger partial charge in [0, 0.05) is 26.2 Å². The van der Waals surface area contributed by atoms with Gasteiger partial charge in [-0.1, -0.05) is 66.7 Å². The molecule has 2 heterocycles. The molecular weight excluding hydrogens is 360 g/mol. The molecule has 1 amide bonds. The molecule has 4 heteroatoms. The van der Waals surface area contributed by atoms with E-state index in [9.17, 15) is 4.79 Å². The van der Waals surface area contributed by atoms with Gasteiger partial charge in [-0.3, -0.25) is 9.69 Å². The molecule has 0 saturated carbocycles. The lowest BCUT2D eigenvalue weighted by Crippen LogP contribution is -2.46. The first-order chi connectivity index (χ1) is 14.3. The van der Waals surface area contributed by atoms with Crippen molar-refractivity contribution in [2.24, 2.45) is 5.92 Å². The molecule has 0 bridgehead atoms. The Hall–Kier alpha value is -2.43. The minimum atomic E-state index is 0.269. The maximum absolute atomic E-state index is 12.5. The minimum absolute atomic E-state index is 0.269. The Morgan fingerprint density at radius 2 is 1.55 bits per heavy atom. The third-order valence-electron chi connectivity index (χ3n) is 5.93. The molecule has 0 spiro atoms. The van der Waals surface area contributed by atoms with E-state index in [1.807, 2.05) is 11.0 Å². The minimum Gasteiger partial charge on any atom is -0.379 e. The fourth-order valence-electron chi connectivity index (χ4n) is 4.06. The third kappa shape index (κ3) is 5.55. The summed E-state index contributed by atoms with van der Waals surface area (Å²) >= 11 is 0. The number of hydrogen-bond acceptors (Lipinski definition) is 3. The second kappa shape index (κ2) is 9.86. The number of morpholine rings is 1. The van der Waals surface area contributed by atoms with Crippen molar-refractivity contribution in [2.45, 2.75) is 12.8 Å². The van der Waals surface area contributed by atoms with E-state index in [0.717, 1.165) is 52.2 Å². The van der Waals surface area contributed by atoms with Crippen LogP contribution in [0.1, 0.15) is 18.4 Å². The monoisotopic (exact) mass is 390 g/mol. The van der Waals surface area contributed by atoms with Crippen molar-refractivity contribution in [3.05, 3.63) is 66.2 Å². The third-order valence-corrected chi connectivity index (χ3v) is 5.93. The molecule has 0 aliphatic carbocycles. The standard InChI is InChI=1S/C25H30N2O2/c28-25(20-26-16-18-29-19-17-26)27-14-12-22(13-15-27)7-6-21-8-10-24(11-9-21)23-4-2-1-3-5-23/h1-11,22H,12-20H2/b7-6-. The summed E-state index contributed by atoms with van der Waals surface area (Å²) in [6.45, 7) is 5.49. The van der Waals surface area contributed by atoms with Gasteiger partial charge in [-0.05, 0) is 35.4 Å². The van der Waals surface area contributed by atoms with Crippen molar-refractivity contribution in [1.29, 1.82) is 0 Å². The number of nitrogens with zero attached hydrogens (tertiary/aromatic N) is 2. The highest BCUT2D eigenvalue weighted by Crippen LogP contribution is 2.22. The van der Waals surface area contributed by atoms with Crippen molar-refractivity contribution in [3.63, 3.8) is 0 Å². The molecule has 2 aromatic carbocycles. The molecule has 2 saturated heterocycles. The Morgan fingerprint density at radius 3 is 2.24 bits per heavy atom. The predicted octanol–water partition coefficient (Wildman–Crippen LogP) is 3.94. The van der Waals surface area contributed by atoms with E-state index in [2.05, 4.69) is 65.6 Å². The molecule has 4 nitrogen and oxygen atoms in total. The number of hydrogen-bond donors (Lipinski definition) is 0. The fraction of sp³-hybridized carbons (Fsp3) is 0.400. The van der Waals surface area contributed by atoms with Crippen molar-refractivity contribution < 1.29 is 9.53 Å². The number of benzene rings is 2. The van der Waals surface area contributed by atoms with E-state index in [4.69, 9.17) is 4.74 Å². The molecule has 0 aromatic heterocycles. The molecule has 2 aromatic rings. The van der Waals surface area contributed by atoms with E-state index < -0.39 is 0 Å². The molecule has 0 N–H and O–H groups in total. The van der Waals surface area contributed by atoms with Gasteiger partial charge in [-0.25, -0.2) is 0 Å². The van der Waals surface area contributed by atoms with Crippen LogP contribution in [0.25, 0.3) is 17.2 Å². The summed E-state index contributed by atoms with van der Waals surface area (Å²) in [7, 11) is 0. The van der Waals surface area contributed by atoms with Gasteiger partial charge in [0.2, 0.25) is 5.91 Å². The summed E-state index contributed by atoms with van der Waals surface area (Å²) in [4.78, 5) is 16.8. The zero-order chi connectivity index (χ0) is 19.9. The lowest BCUT2D eigenvalue weighted by atomic mass is 9.95. The largest absolute Gasteiger partial charge is 0.379 e. The zero-order valence-electron chi connectivity index (χ0n) is 17.0. The van der Waals surface area contributed by atoms with Gasteiger partial charge in [-0.15, -0.1) is 0 Å². The van der Waals surface area contributed by atoms with Crippen molar-refractivity contribution in [2.75, 3.05) is 45.9 Å². The molecule has 2 fully saturated rings. The van der Waals surface area contributed by atoms with Crippen LogP contribution in [0.5, 0.6) is 0 Å². The fourth-order valence-corrected chi connectivity index (χ4v) is 4.06. The highest BCUT2D eigenvalue weighted by molar-refractivity contribution is 5.78. The van der Waals surface area contributed by atoms with E-state index in [-0.39, 0.29) is 5.91 Å². The summed E-state index contributed by atoms with van der Waals surface area (Å²) in [5, 5.41) is 0. The van der Waals surface area contributed by atoms with Crippen LogP contribution in [0.3, 0.4) is 0 Å². The highest BCUT2D eigenvalue weighted by Gasteiger charge is 2.23. The molecule has 29 heavy (non-hydrogen) atoms. The Morgan fingerprint density at radius 1 is 0.897 bits per heavy atom. The SMILES string of the molecule is O=C(CN1CCOCC1)N1CCC(/C=C\c2ccc(-c3ccccc3)cc2)CC1. The number of rotatable bonds is 5. The van der Waals surface area contributed by atoms with Gasteiger partial charge >= 0.3 is 0 Å². The van der Waals surface area contributed by atoms with Crippen LogP contribution in [-0.2, 0) is 9.53 Å². The van der Waals surface area contributed by atoms with Crippen LogP contribution in [0, 0.1) is 5.92 Å². The quantitative estimate of drug-likeness (QED) is 0.775. The van der Waals surface area contributed by atoms with E-state index in [1.54, 1.807) is 0 Å². The summed E-state index contributed by atoms with van der Waals surface area (Å²) in [5.74, 6) is 0.821. The van der Waals surface area contributed by atoms with Crippen molar-refractivity contribution in [3.8, 4) is 11.1 Å². The molecular formula is C25H30N2O2. The summed E-state index contributed by atoms with van der Waals surface area (Å²) < 4.78 is 5.36. The van der Waals surface area contributed by atoms with Crippen LogP contribution in [0.2, 0.25) is 0 Å². The number of piperidine rings is 1. The molecule has 4 rings (SSSR count). The van der Waals surface area contributed by atoms with Gasteiger partial charge in [0.25, 0.3) is 0 Å². The number of amides is 1. The number of allylic oxidation sites excluding steroid dienone is 1. The molecule has 2 aliphatic heterocycles. The average Bonchev–Trinajstić information content (AvgIpc) is 2.80. The van der Waals surface area contributed by atoms with Gasteiger partial charge in [0.15, 0.2) is 0 Å². The smallest absolute Gasteiger partial charge is 0.236 e. The van der Waals surface area contributed by atoms with E-state index >= 15 is 0 Å². The molecule has 0 atom stereocenters. The second-order valence-electron chi connectivity index (χ2n) is 7.95. The average molecular weight is 391 g/mol. The summed E-state index contributed by atoms with van der Waals surface area (Å²) in [5.41, 5.74) is 3.72. The Bertz CT molecular complexity index is 802. The maximum atomic E-state index is 12.5. The number of carbonyl (C=O) groups excluding carboxylic acids is 1. The number of ether oxygens (including phenoxy) is 1. The topological polar surface area (TPSA) is 32.8 Å². The van der Waals surface area contributed by atoms with Gasteiger partial charge in [0.05, 0.1) is 19.8 Å². The summed E-state index contributed by atoms with van der Waals surface area (Å²) in [6.07, 6.45) is 6.65. The lowest BCUT2D eigenvalue weighted by molar-refractivity contribution is -0.134. The van der Waals surface area contributed by atoms with Crippen molar-refractivity contribution >= 4 is 12.0 Å². The van der Waals surface area contributed by atoms with E-state index in [1.165, 1.54) is 16.7 Å². The molecule has 152 valence electrons. The van der Waals surface area contributed by atoms with Gasteiger partial charge < -0.3 is 9.64 Å². The Kier molecular flexibility index (Phi) is 6.75. The normalized spacial score (nSPS) is 19.0. The van der Waals surface area contributed by atoms with Crippen LogP contribution >= 0.6 is 0 Å². The van der Waals surface area contributed by atoms with Crippen molar-refractivity contribution in [1.82, 2.24) is 9.80 Å². The van der Waals surface area contributed by atoms with Gasteiger partial charge in [0.1, 0.15) is 0 Å². The Labute approximate surface area is 173 Å². The van der Waals surface area contributed by atoms with Crippen LogP contribution in [0.4, 0.5) is 0 Å². The molecule has 2 aliphatic rings. The van der Waals surface area contributed by atoms with Gasteiger partial charge in [-0.2, -0.15) is 0 Å². The first-order valence-corrected chi connectivity index (χ1v) is 10.7. The van der Waals surface area contributed by atoms with Crippen LogP contribution in [0.15, 0.2) is 60.7 Å². The van der Waals surface area contributed by atoms with E-state index in [0.29, 0.717) is 12.5 Å². The van der Waals surface area contributed by atoms with Crippen LogP contribution < -0.4 is 0 Å². The predicted molar refractivity (Wildman–Crippen MR) is 117 cm³/mol. The molecule has 0 unspecified atom stereocenters. The summed E-state index contributed by atoms with van der Waals surface area (Å²) in [6, 6.07) is 19.2. The Balaban J connectivity index is 1.25. The zero-order valence-corrected chi connectivity index (χ0v) is 17.0. The molecule has 0 radical (unpaired) electrons. The first kappa shape index (κ1) is 19.9. The maximum Gasteiger partial charge on any atom is 0.236 e. The lowest BCUT2D eigenvalue weighted by Gasteiger charge is -2.33.